The van der Waals surface area contributed by atoms with E-state index in [0.717, 1.165) is 23.1 Å². The van der Waals surface area contributed by atoms with Gasteiger partial charge in [-0.15, -0.1) is 0 Å². The minimum Gasteiger partial charge on any atom is -0.390 e. The summed E-state index contributed by atoms with van der Waals surface area (Å²) >= 11 is 0. The van der Waals surface area contributed by atoms with E-state index in [1.54, 1.807) is 13.0 Å². The number of halogens is 2. The highest BCUT2D eigenvalue weighted by Crippen LogP contribution is 2.73. The minimum atomic E-state index is -1.96. The number of rotatable bonds is 7. The molecule has 0 spiro atoms. The molecule has 63 heavy (non-hydrogen) atoms. The Morgan fingerprint density at radius 2 is 1.30 bits per heavy atom. The summed E-state index contributed by atoms with van der Waals surface area (Å²) in [5.41, 5.74) is -8.58. The molecule has 0 aliphatic heterocycles. The van der Waals surface area contributed by atoms with Crippen molar-refractivity contribution in [1.82, 2.24) is 0 Å². The molecule has 0 saturated heterocycles. The van der Waals surface area contributed by atoms with Crippen LogP contribution < -0.4 is 0 Å². The van der Waals surface area contributed by atoms with Crippen LogP contribution in [0.2, 0.25) is 0 Å². The first kappa shape index (κ1) is 48.3. The minimum absolute atomic E-state index is 0.0164. The van der Waals surface area contributed by atoms with Crippen LogP contribution in [0.4, 0.5) is 8.78 Å². The van der Waals surface area contributed by atoms with Gasteiger partial charge in [-0.05, 0) is 141 Å². The quantitative estimate of drug-likeness (QED) is 0.199. The third-order valence-corrected chi connectivity index (χ3v) is 18.6. The number of carbonyl (C=O) groups is 3. The largest absolute Gasteiger partial charge is 0.390 e. The number of fused-ring (bicyclic) bond motifs is 10. The van der Waals surface area contributed by atoms with E-state index in [1.807, 2.05) is 87.5 Å². The average molecular weight is 881 g/mol. The molecule has 350 valence electrons. The van der Waals surface area contributed by atoms with Gasteiger partial charge in [0, 0.05) is 33.5 Å². The lowest BCUT2D eigenvalue weighted by Crippen LogP contribution is -2.70. The first-order valence-electron chi connectivity index (χ1n) is 23.5. The van der Waals surface area contributed by atoms with Gasteiger partial charge < -0.3 is 29.9 Å². The molecule has 16 atom stereocenters. The summed E-state index contributed by atoms with van der Waals surface area (Å²) in [6, 6.07) is 0. The maximum atomic E-state index is 17.7. The SMILES string of the molecule is C=C1C=C[C@@]2(C)C(=C1)CC[C@H]1[C@@H]3C[C@@H](C)[C@](O)(C(=O)CO)[C@@]3(C)C[C@H](OC(C)C)[C@@]12F.C[C@@H]1C[C@H]2[C@@H]3CCC4=CC(=O)C=C[C@]4(C)[C@@]3(F)[C@@H](O)C[C@]2(C)[C@@]1(O)C(=O)COC(C)(C)C. The zero-order valence-electron chi connectivity index (χ0n) is 39.5. The molecule has 6 saturated carbocycles. The number of carbonyl (C=O) groups excluding carboxylic acids is 3. The van der Waals surface area contributed by atoms with Crippen molar-refractivity contribution in [3.05, 3.63) is 59.8 Å². The van der Waals surface area contributed by atoms with Gasteiger partial charge in [0.1, 0.15) is 24.4 Å². The van der Waals surface area contributed by atoms with Crippen LogP contribution in [-0.4, -0.2) is 97.4 Å². The summed E-state index contributed by atoms with van der Waals surface area (Å²) in [6.07, 6.45) is 11.8. The Morgan fingerprint density at radius 3 is 1.84 bits per heavy atom. The van der Waals surface area contributed by atoms with Crippen molar-refractivity contribution in [1.29, 1.82) is 0 Å². The molecule has 11 heteroatoms. The summed E-state index contributed by atoms with van der Waals surface area (Å²) in [5.74, 6) is -3.14. The summed E-state index contributed by atoms with van der Waals surface area (Å²) in [4.78, 5) is 38.1. The van der Waals surface area contributed by atoms with E-state index >= 15 is 8.78 Å². The first-order valence-corrected chi connectivity index (χ1v) is 23.5. The van der Waals surface area contributed by atoms with E-state index in [9.17, 15) is 34.8 Å². The molecule has 0 radical (unpaired) electrons. The van der Waals surface area contributed by atoms with Gasteiger partial charge in [0.05, 0.1) is 23.9 Å². The molecule has 8 rings (SSSR count). The second-order valence-corrected chi connectivity index (χ2v) is 23.1. The fourth-order valence-electron chi connectivity index (χ4n) is 15.3. The molecule has 0 heterocycles. The number of aliphatic hydroxyl groups is 4. The fourth-order valence-corrected chi connectivity index (χ4v) is 15.3. The van der Waals surface area contributed by atoms with Gasteiger partial charge in [0.2, 0.25) is 0 Å². The molecule has 0 amide bonds. The number of hydrogen-bond acceptors (Lipinski definition) is 9. The Labute approximate surface area is 373 Å². The summed E-state index contributed by atoms with van der Waals surface area (Å²) in [5, 5.41) is 44.6. The van der Waals surface area contributed by atoms with Crippen molar-refractivity contribution in [2.24, 2.45) is 57.2 Å². The monoisotopic (exact) mass is 881 g/mol. The molecule has 4 N–H and O–H groups in total. The van der Waals surface area contributed by atoms with Crippen molar-refractivity contribution in [3.63, 3.8) is 0 Å². The highest BCUT2D eigenvalue weighted by atomic mass is 19.1. The highest BCUT2D eigenvalue weighted by Gasteiger charge is 2.77. The number of Topliss-reactive ketones (excluding diaryl/α,β-unsaturated/α-hetero) is 2. The summed E-state index contributed by atoms with van der Waals surface area (Å²) in [7, 11) is 0. The zero-order chi connectivity index (χ0) is 46.9. The Hall–Kier alpha value is -2.67. The molecule has 9 nitrogen and oxygen atoms in total. The van der Waals surface area contributed by atoms with Crippen LogP contribution >= 0.6 is 0 Å². The van der Waals surface area contributed by atoms with Crippen LogP contribution in [-0.2, 0) is 23.9 Å². The standard InChI is InChI=1S/C26H37FO5.C26H37FO4/c1-15-11-19-18-8-7-16-12-17(28)9-10-23(16,5)25(18,27)20(29)13-24(19,6)26(15,31)21(30)14-32-22(2,3)4;1-15(2)31-22-13-24(6)20(12-17(4)26(24,30)21(29)14-28)19-8-7-18-11-16(3)9-10-23(18,5)25(19,22)27/h9-10,12,15,18-20,29,31H,7-8,11,13-14H2,1-6H3;9-11,15,17,19-20,22,28,30H,3,7-8,12-14H2,1-2,4-6H3/t15-,18+,19+,20+,23+,24+,25+,26+;17-,19+,20+,22+,23+,24+,25+,26+/m11/s1. The van der Waals surface area contributed by atoms with Crippen LogP contribution in [0.3, 0.4) is 0 Å². The maximum absolute atomic E-state index is 17.7. The van der Waals surface area contributed by atoms with Gasteiger partial charge in [0.25, 0.3) is 0 Å². The zero-order valence-corrected chi connectivity index (χ0v) is 39.5. The first-order chi connectivity index (χ1) is 29.0. The van der Waals surface area contributed by atoms with Gasteiger partial charge in [-0.2, -0.15) is 0 Å². The highest BCUT2D eigenvalue weighted by molar-refractivity contribution is 6.01. The number of allylic oxidation sites excluding steroid dienone is 9. The number of aliphatic hydroxyl groups excluding tert-OH is 2. The molecule has 8 aliphatic carbocycles. The predicted molar refractivity (Wildman–Crippen MR) is 237 cm³/mol. The van der Waals surface area contributed by atoms with E-state index in [2.05, 4.69) is 6.58 Å². The van der Waals surface area contributed by atoms with Crippen LogP contribution in [0, 0.1) is 57.2 Å². The number of ketones is 3. The van der Waals surface area contributed by atoms with Gasteiger partial charge in [-0.1, -0.05) is 69.7 Å². The average Bonchev–Trinajstić information content (AvgIpc) is 3.53. The van der Waals surface area contributed by atoms with Gasteiger partial charge in [-0.3, -0.25) is 14.4 Å². The van der Waals surface area contributed by atoms with E-state index in [1.165, 1.54) is 12.2 Å². The third-order valence-electron chi connectivity index (χ3n) is 18.6. The second kappa shape index (κ2) is 15.4. The van der Waals surface area contributed by atoms with Crippen LogP contribution in [0.25, 0.3) is 0 Å². The van der Waals surface area contributed by atoms with Crippen molar-refractivity contribution in [2.75, 3.05) is 13.2 Å². The number of hydrogen-bond donors (Lipinski definition) is 4. The molecule has 6 fully saturated rings. The van der Waals surface area contributed by atoms with E-state index in [0.29, 0.717) is 32.1 Å². The second-order valence-electron chi connectivity index (χ2n) is 23.1. The lowest BCUT2D eigenvalue weighted by molar-refractivity contribution is -0.238. The molecule has 8 aliphatic rings. The van der Waals surface area contributed by atoms with Crippen molar-refractivity contribution in [2.45, 2.75) is 174 Å². The van der Waals surface area contributed by atoms with Crippen LogP contribution in [0.1, 0.15) is 128 Å². The van der Waals surface area contributed by atoms with Crippen LogP contribution in [0.15, 0.2) is 59.8 Å². The van der Waals surface area contributed by atoms with Crippen LogP contribution in [0.5, 0.6) is 0 Å². The molecule has 0 aromatic rings. The Bertz CT molecular complexity index is 2050. The number of ether oxygens (including phenoxy) is 2. The molecule has 0 bridgehead atoms. The van der Waals surface area contributed by atoms with E-state index in [-0.39, 0.29) is 60.9 Å². The Morgan fingerprint density at radius 1 is 0.810 bits per heavy atom. The molecule has 0 aromatic heterocycles. The smallest absolute Gasteiger partial charge is 0.190 e. The maximum Gasteiger partial charge on any atom is 0.190 e. The molecule has 0 aromatic carbocycles. The van der Waals surface area contributed by atoms with Gasteiger partial charge >= 0.3 is 0 Å². The Balaban J connectivity index is 0.000000189. The number of alkyl halides is 2. The third kappa shape index (κ3) is 6.49. The van der Waals surface area contributed by atoms with E-state index < -0.39 is 86.1 Å². The summed E-state index contributed by atoms with van der Waals surface area (Å²) < 4.78 is 46.8. The Kier molecular flexibility index (Phi) is 11.8. The molecular formula is C52H74F2O9. The van der Waals surface area contributed by atoms with E-state index in [4.69, 9.17) is 9.47 Å². The van der Waals surface area contributed by atoms with Gasteiger partial charge in [-0.25, -0.2) is 8.78 Å². The fraction of sp³-hybridized carbons (Fsp3) is 0.750. The predicted octanol–water partition coefficient (Wildman–Crippen LogP) is 8.03. The summed E-state index contributed by atoms with van der Waals surface area (Å²) in [6.45, 7) is 23.7. The normalized spacial score (nSPS) is 48.4. The molecule has 0 unspecified atom stereocenters. The van der Waals surface area contributed by atoms with Crippen molar-refractivity contribution < 1.29 is 53.1 Å². The lowest BCUT2D eigenvalue weighted by atomic mass is 9.44. The topological polar surface area (TPSA) is 151 Å². The van der Waals surface area contributed by atoms with Gasteiger partial charge in [0.15, 0.2) is 28.7 Å². The van der Waals surface area contributed by atoms with Crippen molar-refractivity contribution in [3.8, 4) is 0 Å². The van der Waals surface area contributed by atoms with Crippen molar-refractivity contribution >= 4 is 17.3 Å². The molecular weight excluding hydrogens is 807 g/mol. The lowest BCUT2D eigenvalue weighted by Gasteiger charge is -2.63.